The number of carbonyl (C=O) groups excluding carboxylic acids is 1. The molecule has 1 atom stereocenters. The first kappa shape index (κ1) is 17.0. The van der Waals surface area contributed by atoms with Crippen LogP contribution in [0.3, 0.4) is 0 Å². The minimum Gasteiger partial charge on any atom is -0.466 e. The van der Waals surface area contributed by atoms with Crippen LogP contribution in [0.1, 0.15) is 28.3 Å². The molecule has 1 aromatic heterocycles. The summed E-state index contributed by atoms with van der Waals surface area (Å²) < 4.78 is 30.8. The molecule has 1 aliphatic rings. The molecule has 1 aliphatic heterocycles. The van der Waals surface area contributed by atoms with Gasteiger partial charge >= 0.3 is 0 Å². The van der Waals surface area contributed by atoms with Crippen molar-refractivity contribution in [2.75, 3.05) is 13.1 Å². The number of amides is 1. The predicted molar refractivity (Wildman–Crippen MR) is 91.1 cm³/mol. The van der Waals surface area contributed by atoms with Crippen molar-refractivity contribution < 1.29 is 17.6 Å². The van der Waals surface area contributed by atoms with Crippen LogP contribution in [0.2, 0.25) is 5.02 Å². The second-order valence-corrected chi connectivity index (χ2v) is 8.65. The van der Waals surface area contributed by atoms with E-state index in [1.807, 2.05) is 0 Å². The Morgan fingerprint density at radius 2 is 1.92 bits per heavy atom. The van der Waals surface area contributed by atoms with Crippen LogP contribution in [0.15, 0.2) is 39.6 Å². The van der Waals surface area contributed by atoms with Crippen molar-refractivity contribution in [3.63, 3.8) is 0 Å². The number of nitrogens with zero attached hydrogens (tertiary/aromatic N) is 1. The quantitative estimate of drug-likeness (QED) is 0.835. The second-order valence-electron chi connectivity index (χ2n) is 5.99. The van der Waals surface area contributed by atoms with Crippen molar-refractivity contribution in [2.45, 2.75) is 30.4 Å². The van der Waals surface area contributed by atoms with E-state index in [9.17, 15) is 13.2 Å². The Kier molecular flexibility index (Phi) is 4.44. The van der Waals surface area contributed by atoms with E-state index in [0.29, 0.717) is 35.1 Å². The van der Waals surface area contributed by atoms with Crippen LogP contribution in [0.25, 0.3) is 0 Å². The van der Waals surface area contributed by atoms with Gasteiger partial charge in [0, 0.05) is 18.1 Å². The lowest BCUT2D eigenvalue weighted by Crippen LogP contribution is -2.32. The van der Waals surface area contributed by atoms with E-state index >= 15 is 0 Å². The topological polar surface area (TPSA) is 67.6 Å². The first-order valence-corrected chi connectivity index (χ1v) is 9.57. The largest absolute Gasteiger partial charge is 0.466 e. The molecule has 24 heavy (non-hydrogen) atoms. The Labute approximate surface area is 146 Å². The maximum absolute atomic E-state index is 12.7. The van der Waals surface area contributed by atoms with Gasteiger partial charge in [0.2, 0.25) is 0 Å². The van der Waals surface area contributed by atoms with E-state index in [0.717, 1.165) is 0 Å². The third kappa shape index (κ3) is 3.08. The Morgan fingerprint density at radius 3 is 2.50 bits per heavy atom. The number of benzene rings is 1. The van der Waals surface area contributed by atoms with Gasteiger partial charge in [-0.15, -0.1) is 0 Å². The standard InChI is InChI=1S/C17H18ClNO4S/c1-11-9-16(12(2)23-11)17(20)19-8-7-15(10-19)24(21,22)14-5-3-13(18)4-6-14/h3-6,9,15H,7-8,10H2,1-2H3. The summed E-state index contributed by atoms with van der Waals surface area (Å²) >= 11 is 5.81. The number of hydrogen-bond donors (Lipinski definition) is 0. The van der Waals surface area contributed by atoms with Gasteiger partial charge in [-0.25, -0.2) is 8.42 Å². The molecular weight excluding hydrogens is 350 g/mol. The Morgan fingerprint density at radius 1 is 1.25 bits per heavy atom. The molecule has 5 nitrogen and oxygen atoms in total. The molecule has 1 aromatic carbocycles. The van der Waals surface area contributed by atoms with Gasteiger partial charge in [-0.2, -0.15) is 0 Å². The number of halogens is 1. The minimum atomic E-state index is -3.48. The number of likely N-dealkylation sites (tertiary alicyclic amines) is 1. The molecule has 7 heteroatoms. The van der Waals surface area contributed by atoms with Crippen molar-refractivity contribution in [2.24, 2.45) is 0 Å². The normalized spacial score (nSPS) is 18.1. The van der Waals surface area contributed by atoms with Gasteiger partial charge in [-0.1, -0.05) is 11.6 Å². The molecule has 1 saturated heterocycles. The van der Waals surface area contributed by atoms with Crippen molar-refractivity contribution >= 4 is 27.3 Å². The molecule has 128 valence electrons. The van der Waals surface area contributed by atoms with E-state index in [2.05, 4.69) is 0 Å². The summed E-state index contributed by atoms with van der Waals surface area (Å²) in [7, 11) is -3.48. The molecule has 2 heterocycles. The second kappa shape index (κ2) is 6.26. The first-order valence-electron chi connectivity index (χ1n) is 7.65. The smallest absolute Gasteiger partial charge is 0.257 e. The summed E-state index contributed by atoms with van der Waals surface area (Å²) in [6.45, 7) is 4.12. The van der Waals surface area contributed by atoms with Crippen molar-refractivity contribution in [1.29, 1.82) is 0 Å². The molecule has 0 saturated carbocycles. The van der Waals surface area contributed by atoms with Gasteiger partial charge in [0.05, 0.1) is 15.7 Å². The number of hydrogen-bond acceptors (Lipinski definition) is 4. The maximum atomic E-state index is 12.7. The highest BCUT2D eigenvalue weighted by Gasteiger charge is 2.37. The molecule has 1 amide bonds. The average molecular weight is 368 g/mol. The molecule has 0 aliphatic carbocycles. The van der Waals surface area contributed by atoms with E-state index < -0.39 is 15.1 Å². The highest BCUT2D eigenvalue weighted by Crippen LogP contribution is 2.27. The summed E-state index contributed by atoms with van der Waals surface area (Å²) in [4.78, 5) is 14.4. The van der Waals surface area contributed by atoms with Gasteiger partial charge in [0.15, 0.2) is 9.84 Å². The van der Waals surface area contributed by atoms with Crippen molar-refractivity contribution in [3.8, 4) is 0 Å². The van der Waals surface area contributed by atoms with Crippen LogP contribution < -0.4 is 0 Å². The summed E-state index contributed by atoms with van der Waals surface area (Å²) in [5.41, 5.74) is 0.497. The molecule has 3 rings (SSSR count). The van der Waals surface area contributed by atoms with Crippen LogP contribution in [0.4, 0.5) is 0 Å². The molecule has 0 bridgehead atoms. The number of sulfone groups is 1. The highest BCUT2D eigenvalue weighted by atomic mass is 35.5. The zero-order valence-electron chi connectivity index (χ0n) is 13.5. The fraction of sp³-hybridized carbons (Fsp3) is 0.353. The summed E-state index contributed by atoms with van der Waals surface area (Å²) in [5.74, 6) is 1.04. The van der Waals surface area contributed by atoms with Gasteiger partial charge in [-0.3, -0.25) is 4.79 Å². The average Bonchev–Trinajstić information content (AvgIpc) is 3.14. The minimum absolute atomic E-state index is 0.182. The molecular formula is C17H18ClNO4S. The monoisotopic (exact) mass is 367 g/mol. The highest BCUT2D eigenvalue weighted by molar-refractivity contribution is 7.92. The Bertz CT molecular complexity index is 870. The maximum Gasteiger partial charge on any atom is 0.257 e. The SMILES string of the molecule is Cc1cc(C(=O)N2CCC(S(=O)(=O)c3ccc(Cl)cc3)C2)c(C)o1. The molecule has 0 radical (unpaired) electrons. The van der Waals surface area contributed by atoms with Crippen LogP contribution >= 0.6 is 11.6 Å². The van der Waals surface area contributed by atoms with Crippen LogP contribution in [0, 0.1) is 13.8 Å². The number of furan rings is 1. The Hall–Kier alpha value is -1.79. The van der Waals surface area contributed by atoms with E-state index in [1.54, 1.807) is 36.9 Å². The number of aryl methyl sites for hydroxylation is 2. The fourth-order valence-electron chi connectivity index (χ4n) is 3.00. The lowest BCUT2D eigenvalue weighted by molar-refractivity contribution is 0.0791. The van der Waals surface area contributed by atoms with Gasteiger partial charge in [-0.05, 0) is 50.6 Å². The van der Waals surface area contributed by atoms with Gasteiger partial charge in [0.25, 0.3) is 5.91 Å². The van der Waals surface area contributed by atoms with E-state index in [1.165, 1.54) is 12.1 Å². The summed E-state index contributed by atoms with van der Waals surface area (Å²) in [5, 5.41) is -0.112. The zero-order chi connectivity index (χ0) is 17.5. The van der Waals surface area contributed by atoms with Gasteiger partial charge < -0.3 is 9.32 Å². The van der Waals surface area contributed by atoms with Gasteiger partial charge in [0.1, 0.15) is 11.5 Å². The molecule has 0 spiro atoms. The van der Waals surface area contributed by atoms with Crippen molar-refractivity contribution in [3.05, 3.63) is 52.4 Å². The summed E-state index contributed by atoms with van der Waals surface area (Å²) in [6.07, 6.45) is 0.423. The third-order valence-corrected chi connectivity index (χ3v) is 6.73. The Balaban J connectivity index is 1.78. The summed E-state index contributed by atoms with van der Waals surface area (Å²) in [6, 6.07) is 7.82. The lowest BCUT2D eigenvalue weighted by Gasteiger charge is -2.16. The molecule has 0 N–H and O–H groups in total. The predicted octanol–water partition coefficient (Wildman–Crippen LogP) is 3.24. The molecule has 1 fully saturated rings. The van der Waals surface area contributed by atoms with E-state index in [-0.39, 0.29) is 17.3 Å². The fourth-order valence-corrected chi connectivity index (χ4v) is 4.81. The van der Waals surface area contributed by atoms with Crippen LogP contribution in [-0.2, 0) is 9.84 Å². The van der Waals surface area contributed by atoms with Crippen molar-refractivity contribution in [1.82, 2.24) is 4.90 Å². The molecule has 1 unspecified atom stereocenters. The number of rotatable bonds is 3. The lowest BCUT2D eigenvalue weighted by atomic mass is 10.2. The van der Waals surface area contributed by atoms with E-state index in [4.69, 9.17) is 16.0 Å². The van der Waals surface area contributed by atoms with Crippen LogP contribution in [0.5, 0.6) is 0 Å². The van der Waals surface area contributed by atoms with Crippen LogP contribution in [-0.4, -0.2) is 37.6 Å². The molecule has 2 aromatic rings. The zero-order valence-corrected chi connectivity index (χ0v) is 15.0. The first-order chi connectivity index (χ1) is 11.3. The third-order valence-electron chi connectivity index (χ3n) is 4.28. The number of carbonyl (C=O) groups is 1.